The topological polar surface area (TPSA) is 91.7 Å². The van der Waals surface area contributed by atoms with Crippen LogP contribution in [0.15, 0.2) is 24.3 Å². The molecular weight excluding hydrogens is 272 g/mol. The zero-order valence-electron chi connectivity index (χ0n) is 11.2. The molecule has 0 aliphatic rings. The minimum atomic E-state index is -0.380. The van der Waals surface area contributed by atoms with Crippen LogP contribution in [-0.4, -0.2) is 29.1 Å². The van der Waals surface area contributed by atoms with Crippen molar-refractivity contribution in [1.29, 1.82) is 0 Å². The zero-order valence-corrected chi connectivity index (χ0v) is 11.2. The maximum Gasteiger partial charge on any atom is 0.153 e. The van der Waals surface area contributed by atoms with E-state index in [0.717, 1.165) is 0 Å². The lowest BCUT2D eigenvalue weighted by Gasteiger charge is -2.10. The van der Waals surface area contributed by atoms with Crippen LogP contribution in [0.4, 0.5) is 0 Å². The first kappa shape index (κ1) is 14.5. The lowest BCUT2D eigenvalue weighted by molar-refractivity contribution is 0.110. The van der Waals surface area contributed by atoms with Crippen LogP contribution in [0.5, 0.6) is 11.5 Å². The third-order valence-corrected chi connectivity index (χ3v) is 3.21. The Bertz CT molecular complexity index is 718. The number of benzene rings is 2. The largest absolute Gasteiger partial charge is 0.507 e. The second-order valence-electron chi connectivity index (χ2n) is 4.59. The number of carbonyl (C=O) groups excluding carboxylic acids is 3. The number of phenolic OH excluding ortho intramolecular Hbond substituents is 2. The summed E-state index contributed by atoms with van der Waals surface area (Å²) in [7, 11) is 0. The summed E-state index contributed by atoms with van der Waals surface area (Å²) in [6.07, 6.45) is 1.41. The molecule has 0 saturated heterocycles. The minimum absolute atomic E-state index is 0.0204. The molecule has 2 rings (SSSR count). The molecule has 0 radical (unpaired) electrons. The summed E-state index contributed by atoms with van der Waals surface area (Å²) < 4.78 is 0. The van der Waals surface area contributed by atoms with Crippen molar-refractivity contribution in [2.75, 3.05) is 0 Å². The molecular formula is C16H12O5. The molecule has 0 unspecified atom stereocenters. The molecule has 5 heteroatoms. The van der Waals surface area contributed by atoms with Crippen LogP contribution in [0.3, 0.4) is 0 Å². The highest BCUT2D eigenvalue weighted by atomic mass is 16.3. The monoisotopic (exact) mass is 284 g/mol. The molecule has 0 amide bonds. The van der Waals surface area contributed by atoms with Gasteiger partial charge < -0.3 is 10.2 Å². The van der Waals surface area contributed by atoms with Crippen LogP contribution in [0.1, 0.15) is 36.6 Å². The predicted molar refractivity (Wildman–Crippen MR) is 76.1 cm³/mol. The fraction of sp³-hybridized carbons (Fsp3) is 0.0625. The highest BCUT2D eigenvalue weighted by Crippen LogP contribution is 2.32. The second kappa shape index (κ2) is 5.58. The summed E-state index contributed by atoms with van der Waals surface area (Å²) in [4.78, 5) is 32.9. The van der Waals surface area contributed by atoms with Crippen molar-refractivity contribution in [3.8, 4) is 22.6 Å². The Labute approximate surface area is 120 Å². The smallest absolute Gasteiger partial charge is 0.153 e. The van der Waals surface area contributed by atoms with E-state index >= 15 is 0 Å². The number of carbonyl (C=O) groups is 3. The van der Waals surface area contributed by atoms with Gasteiger partial charge >= 0.3 is 0 Å². The number of aromatic hydroxyl groups is 2. The van der Waals surface area contributed by atoms with Gasteiger partial charge in [0.15, 0.2) is 18.9 Å². The van der Waals surface area contributed by atoms with E-state index in [2.05, 4.69) is 0 Å². The predicted octanol–water partition coefficient (Wildman–Crippen LogP) is 2.51. The Morgan fingerprint density at radius 3 is 1.52 bits per heavy atom. The maximum atomic E-state index is 11.0. The summed E-state index contributed by atoms with van der Waals surface area (Å²) in [5.41, 5.74) is 1.60. The third-order valence-electron chi connectivity index (χ3n) is 3.21. The van der Waals surface area contributed by atoms with E-state index in [1.807, 2.05) is 0 Å². The van der Waals surface area contributed by atoms with Crippen molar-refractivity contribution in [2.45, 2.75) is 6.92 Å². The fourth-order valence-electron chi connectivity index (χ4n) is 2.09. The SMILES string of the molecule is Cc1cc(-c2cc(C=O)c(O)c(C=O)c2)cc(C=O)c1O. The molecule has 0 aromatic heterocycles. The van der Waals surface area contributed by atoms with Crippen LogP contribution in [0.25, 0.3) is 11.1 Å². The molecule has 0 spiro atoms. The molecule has 106 valence electrons. The average Bonchev–Trinajstić information content (AvgIpc) is 2.50. The summed E-state index contributed by atoms with van der Waals surface area (Å²) in [6.45, 7) is 1.63. The molecule has 0 atom stereocenters. The lowest BCUT2D eigenvalue weighted by Crippen LogP contribution is -1.93. The Kier molecular flexibility index (Phi) is 3.84. The van der Waals surface area contributed by atoms with E-state index in [4.69, 9.17) is 0 Å². The van der Waals surface area contributed by atoms with Crippen molar-refractivity contribution in [3.05, 3.63) is 46.5 Å². The van der Waals surface area contributed by atoms with E-state index in [9.17, 15) is 24.6 Å². The van der Waals surface area contributed by atoms with Gasteiger partial charge in [-0.3, -0.25) is 14.4 Å². The number of hydrogen-bond acceptors (Lipinski definition) is 5. The normalized spacial score (nSPS) is 10.1. The zero-order chi connectivity index (χ0) is 15.6. The van der Waals surface area contributed by atoms with E-state index in [1.54, 1.807) is 13.0 Å². The molecule has 0 aliphatic carbocycles. The van der Waals surface area contributed by atoms with E-state index < -0.39 is 0 Å². The van der Waals surface area contributed by atoms with Gasteiger partial charge in [0.1, 0.15) is 11.5 Å². The molecule has 2 N–H and O–H groups in total. The summed E-state index contributed by atoms with van der Waals surface area (Å²) >= 11 is 0. The first-order valence-electron chi connectivity index (χ1n) is 6.08. The Morgan fingerprint density at radius 1 is 0.714 bits per heavy atom. The van der Waals surface area contributed by atoms with E-state index in [1.165, 1.54) is 18.2 Å². The van der Waals surface area contributed by atoms with Crippen LogP contribution in [0, 0.1) is 6.92 Å². The highest BCUT2D eigenvalue weighted by Gasteiger charge is 2.13. The quantitative estimate of drug-likeness (QED) is 0.842. The molecule has 2 aromatic rings. The molecule has 21 heavy (non-hydrogen) atoms. The first-order chi connectivity index (χ1) is 10.0. The van der Waals surface area contributed by atoms with Gasteiger partial charge in [0, 0.05) is 0 Å². The summed E-state index contributed by atoms with van der Waals surface area (Å²) in [5.74, 6) is -0.492. The lowest BCUT2D eigenvalue weighted by atomic mass is 9.96. The van der Waals surface area contributed by atoms with Gasteiger partial charge in [-0.25, -0.2) is 0 Å². The number of phenols is 2. The molecule has 5 nitrogen and oxygen atoms in total. The van der Waals surface area contributed by atoms with Gasteiger partial charge in [0.2, 0.25) is 0 Å². The first-order valence-corrected chi connectivity index (χ1v) is 6.08. The molecule has 0 saturated carbocycles. The summed E-state index contributed by atoms with van der Waals surface area (Å²) in [6, 6.07) is 5.90. The molecule has 0 bridgehead atoms. The number of aryl methyl sites for hydroxylation is 1. The van der Waals surface area contributed by atoms with Crippen LogP contribution < -0.4 is 0 Å². The third kappa shape index (κ3) is 2.53. The van der Waals surface area contributed by atoms with Crippen LogP contribution in [0.2, 0.25) is 0 Å². The van der Waals surface area contributed by atoms with Crippen molar-refractivity contribution in [1.82, 2.24) is 0 Å². The maximum absolute atomic E-state index is 11.0. The Balaban J connectivity index is 2.72. The number of rotatable bonds is 4. The molecule has 2 aromatic carbocycles. The standard InChI is InChI=1S/C16H12O5/c1-9-2-10(3-12(6-17)15(9)20)11-4-13(7-18)16(21)14(5-11)8-19/h2-8,20-21H,1H3. The number of aldehydes is 3. The summed E-state index contributed by atoms with van der Waals surface area (Å²) in [5, 5.41) is 19.4. The van der Waals surface area contributed by atoms with E-state index in [-0.39, 0.29) is 28.2 Å². The van der Waals surface area contributed by atoms with E-state index in [0.29, 0.717) is 35.5 Å². The van der Waals surface area contributed by atoms with Gasteiger partial charge in [0.25, 0.3) is 0 Å². The van der Waals surface area contributed by atoms with Gasteiger partial charge in [0.05, 0.1) is 16.7 Å². The minimum Gasteiger partial charge on any atom is -0.507 e. The van der Waals surface area contributed by atoms with Crippen molar-refractivity contribution < 1.29 is 24.6 Å². The van der Waals surface area contributed by atoms with Crippen molar-refractivity contribution in [2.24, 2.45) is 0 Å². The van der Waals surface area contributed by atoms with Gasteiger partial charge in [-0.1, -0.05) is 0 Å². The van der Waals surface area contributed by atoms with Gasteiger partial charge in [-0.15, -0.1) is 0 Å². The molecule has 0 aliphatic heterocycles. The van der Waals surface area contributed by atoms with Gasteiger partial charge in [-0.2, -0.15) is 0 Å². The van der Waals surface area contributed by atoms with Crippen molar-refractivity contribution in [3.63, 3.8) is 0 Å². The van der Waals surface area contributed by atoms with Gasteiger partial charge in [-0.05, 0) is 47.9 Å². The molecule has 0 heterocycles. The molecule has 0 fully saturated rings. The average molecular weight is 284 g/mol. The second-order valence-corrected chi connectivity index (χ2v) is 4.59. The van der Waals surface area contributed by atoms with Crippen molar-refractivity contribution >= 4 is 18.9 Å². The highest BCUT2D eigenvalue weighted by molar-refractivity contribution is 5.92. The van der Waals surface area contributed by atoms with Crippen LogP contribution in [-0.2, 0) is 0 Å². The Morgan fingerprint density at radius 2 is 1.10 bits per heavy atom. The Hall–Kier alpha value is -2.95. The fourth-order valence-corrected chi connectivity index (χ4v) is 2.09. The number of hydrogen-bond donors (Lipinski definition) is 2. The van der Waals surface area contributed by atoms with Crippen LogP contribution >= 0.6 is 0 Å².